The summed E-state index contributed by atoms with van der Waals surface area (Å²) in [4.78, 5) is 11.9. The maximum absolute atomic E-state index is 11.9. The van der Waals surface area contributed by atoms with Crippen molar-refractivity contribution in [3.8, 4) is 0 Å². The van der Waals surface area contributed by atoms with Gasteiger partial charge < -0.3 is 11.1 Å². The van der Waals surface area contributed by atoms with E-state index in [-0.39, 0.29) is 11.8 Å². The first kappa shape index (κ1) is 15.7. The van der Waals surface area contributed by atoms with Crippen LogP contribution < -0.4 is 11.1 Å². The summed E-state index contributed by atoms with van der Waals surface area (Å²) in [5.74, 6) is 0.624. The van der Waals surface area contributed by atoms with Gasteiger partial charge in [0.05, 0.1) is 5.92 Å². The average Bonchev–Trinajstić information content (AvgIpc) is 2.38. The molecular formula is C16H26N2O. The van der Waals surface area contributed by atoms with Crippen molar-refractivity contribution in [3.63, 3.8) is 0 Å². The second-order valence-electron chi connectivity index (χ2n) is 5.49. The van der Waals surface area contributed by atoms with Crippen LogP contribution in [-0.4, -0.2) is 19.0 Å². The van der Waals surface area contributed by atoms with E-state index < -0.39 is 0 Å². The zero-order valence-electron chi connectivity index (χ0n) is 12.3. The van der Waals surface area contributed by atoms with Crippen LogP contribution in [0.3, 0.4) is 0 Å². The smallest absolute Gasteiger partial charge is 0.227 e. The number of carbonyl (C=O) groups is 1. The molecule has 0 aliphatic carbocycles. The van der Waals surface area contributed by atoms with E-state index in [0.29, 0.717) is 19.0 Å². The molecule has 19 heavy (non-hydrogen) atoms. The molecule has 1 amide bonds. The number of hydrogen-bond acceptors (Lipinski definition) is 2. The summed E-state index contributed by atoms with van der Waals surface area (Å²) < 4.78 is 0. The Labute approximate surface area is 116 Å². The number of amides is 1. The van der Waals surface area contributed by atoms with Crippen LogP contribution in [0.15, 0.2) is 24.3 Å². The third-order valence-corrected chi connectivity index (χ3v) is 3.20. The Hall–Kier alpha value is -1.35. The van der Waals surface area contributed by atoms with Gasteiger partial charge in [0, 0.05) is 6.54 Å². The molecule has 3 N–H and O–H groups in total. The molecule has 0 unspecified atom stereocenters. The van der Waals surface area contributed by atoms with Crippen LogP contribution in [0, 0.1) is 5.92 Å². The van der Waals surface area contributed by atoms with Gasteiger partial charge in [0.2, 0.25) is 5.91 Å². The first-order valence-electron chi connectivity index (χ1n) is 7.11. The van der Waals surface area contributed by atoms with Crippen LogP contribution in [0.2, 0.25) is 0 Å². The molecule has 0 aromatic heterocycles. The lowest BCUT2D eigenvalue weighted by molar-refractivity contribution is -0.122. The van der Waals surface area contributed by atoms with Gasteiger partial charge in [-0.1, -0.05) is 38.1 Å². The third-order valence-electron chi connectivity index (χ3n) is 3.20. The second kappa shape index (κ2) is 7.95. The Morgan fingerprint density at radius 2 is 1.84 bits per heavy atom. The Morgan fingerprint density at radius 1 is 1.21 bits per heavy atom. The van der Waals surface area contributed by atoms with E-state index in [0.717, 1.165) is 18.4 Å². The molecule has 0 fully saturated rings. The van der Waals surface area contributed by atoms with Crippen molar-refractivity contribution < 1.29 is 4.79 Å². The average molecular weight is 262 g/mol. The fourth-order valence-electron chi connectivity index (χ4n) is 2.03. The molecule has 0 saturated carbocycles. The number of nitrogens with two attached hydrogens (primary N) is 1. The number of hydrogen-bond donors (Lipinski definition) is 2. The molecule has 0 aliphatic heterocycles. The molecule has 1 rings (SSSR count). The highest BCUT2D eigenvalue weighted by atomic mass is 16.1. The predicted molar refractivity (Wildman–Crippen MR) is 80.1 cm³/mol. The quantitative estimate of drug-likeness (QED) is 0.742. The summed E-state index contributed by atoms with van der Waals surface area (Å²) in [6.45, 7) is 7.63. The molecule has 0 radical (unpaired) electrons. The van der Waals surface area contributed by atoms with E-state index in [1.54, 1.807) is 0 Å². The summed E-state index contributed by atoms with van der Waals surface area (Å²) >= 11 is 0. The lowest BCUT2D eigenvalue weighted by atomic mass is 9.96. The van der Waals surface area contributed by atoms with Crippen molar-refractivity contribution in [2.24, 2.45) is 11.7 Å². The Bertz CT molecular complexity index is 384. The molecule has 1 aromatic carbocycles. The summed E-state index contributed by atoms with van der Waals surface area (Å²) in [6, 6.07) is 8.37. The Kier molecular flexibility index (Phi) is 6.57. The van der Waals surface area contributed by atoms with Crippen LogP contribution in [0.4, 0.5) is 0 Å². The van der Waals surface area contributed by atoms with Gasteiger partial charge in [-0.05, 0) is 43.4 Å². The molecule has 3 nitrogen and oxygen atoms in total. The molecule has 0 bridgehead atoms. The minimum Gasteiger partial charge on any atom is -0.356 e. The number of rotatable bonds is 7. The zero-order chi connectivity index (χ0) is 14.3. The summed E-state index contributed by atoms with van der Waals surface area (Å²) in [5.41, 5.74) is 7.80. The minimum absolute atomic E-state index is 0.0741. The maximum atomic E-state index is 11.9. The summed E-state index contributed by atoms with van der Waals surface area (Å²) in [5, 5.41) is 2.91. The fraction of sp³-hybridized carbons (Fsp3) is 0.562. The molecular weight excluding hydrogens is 236 g/mol. The van der Waals surface area contributed by atoms with Crippen molar-refractivity contribution in [2.45, 2.75) is 39.5 Å². The van der Waals surface area contributed by atoms with Crippen molar-refractivity contribution in [2.75, 3.05) is 13.1 Å². The largest absolute Gasteiger partial charge is 0.356 e. The van der Waals surface area contributed by atoms with E-state index in [1.807, 2.05) is 6.92 Å². The number of carbonyl (C=O) groups excluding carboxylic acids is 1. The van der Waals surface area contributed by atoms with E-state index in [1.165, 1.54) is 5.56 Å². The first-order chi connectivity index (χ1) is 9.04. The molecule has 0 spiro atoms. The highest BCUT2D eigenvalue weighted by molar-refractivity contribution is 5.83. The molecule has 0 aliphatic rings. The van der Waals surface area contributed by atoms with Crippen molar-refractivity contribution in [1.82, 2.24) is 5.32 Å². The SMILES string of the molecule is CC(C)Cc1ccc([C@@H](C)C(=O)NCCCN)cc1. The van der Waals surface area contributed by atoms with Crippen LogP contribution in [0.25, 0.3) is 0 Å². The molecule has 0 heterocycles. The summed E-state index contributed by atoms with van der Waals surface area (Å²) in [7, 11) is 0. The number of nitrogens with one attached hydrogen (secondary N) is 1. The van der Waals surface area contributed by atoms with Crippen LogP contribution in [0.5, 0.6) is 0 Å². The van der Waals surface area contributed by atoms with Gasteiger partial charge in [-0.3, -0.25) is 4.79 Å². The molecule has 1 aromatic rings. The highest BCUT2D eigenvalue weighted by Crippen LogP contribution is 2.17. The van der Waals surface area contributed by atoms with Crippen molar-refractivity contribution in [1.29, 1.82) is 0 Å². The van der Waals surface area contributed by atoms with E-state index in [2.05, 4.69) is 43.4 Å². The predicted octanol–water partition coefficient (Wildman–Crippen LogP) is 2.45. The lowest BCUT2D eigenvalue weighted by Gasteiger charge is -2.13. The van der Waals surface area contributed by atoms with Crippen LogP contribution >= 0.6 is 0 Å². The zero-order valence-corrected chi connectivity index (χ0v) is 12.3. The lowest BCUT2D eigenvalue weighted by Crippen LogP contribution is -2.29. The van der Waals surface area contributed by atoms with Crippen LogP contribution in [-0.2, 0) is 11.2 Å². The van der Waals surface area contributed by atoms with E-state index in [9.17, 15) is 4.79 Å². The van der Waals surface area contributed by atoms with Gasteiger partial charge in [-0.15, -0.1) is 0 Å². The molecule has 3 heteroatoms. The first-order valence-corrected chi connectivity index (χ1v) is 7.11. The third kappa shape index (κ3) is 5.43. The van der Waals surface area contributed by atoms with Crippen LogP contribution in [0.1, 0.15) is 44.2 Å². The summed E-state index contributed by atoms with van der Waals surface area (Å²) in [6.07, 6.45) is 1.91. The normalized spacial score (nSPS) is 12.5. The van der Waals surface area contributed by atoms with Crippen molar-refractivity contribution >= 4 is 5.91 Å². The monoisotopic (exact) mass is 262 g/mol. The van der Waals surface area contributed by atoms with Gasteiger partial charge in [-0.25, -0.2) is 0 Å². The van der Waals surface area contributed by atoms with Gasteiger partial charge in [0.25, 0.3) is 0 Å². The van der Waals surface area contributed by atoms with Gasteiger partial charge in [0.15, 0.2) is 0 Å². The van der Waals surface area contributed by atoms with Gasteiger partial charge >= 0.3 is 0 Å². The number of benzene rings is 1. The molecule has 106 valence electrons. The maximum Gasteiger partial charge on any atom is 0.227 e. The minimum atomic E-state index is -0.106. The van der Waals surface area contributed by atoms with Crippen molar-refractivity contribution in [3.05, 3.63) is 35.4 Å². The topological polar surface area (TPSA) is 55.1 Å². The Morgan fingerprint density at radius 3 is 2.37 bits per heavy atom. The second-order valence-corrected chi connectivity index (χ2v) is 5.49. The highest BCUT2D eigenvalue weighted by Gasteiger charge is 2.14. The van der Waals surface area contributed by atoms with E-state index >= 15 is 0 Å². The standard InChI is InChI=1S/C16H26N2O/c1-12(2)11-14-5-7-15(8-6-14)13(3)16(19)18-10-4-9-17/h5-8,12-13H,4,9-11,17H2,1-3H3,(H,18,19)/t13-/m1/s1. The Balaban J connectivity index is 2.56. The van der Waals surface area contributed by atoms with Gasteiger partial charge in [0.1, 0.15) is 0 Å². The van der Waals surface area contributed by atoms with Gasteiger partial charge in [-0.2, -0.15) is 0 Å². The molecule has 0 saturated heterocycles. The van der Waals surface area contributed by atoms with E-state index in [4.69, 9.17) is 5.73 Å². The molecule has 1 atom stereocenters. The fourth-order valence-corrected chi connectivity index (χ4v) is 2.03.